The van der Waals surface area contributed by atoms with Crippen LogP contribution in [0.15, 0.2) is 65.9 Å². The smallest absolute Gasteiger partial charge is 0.322 e. The summed E-state index contributed by atoms with van der Waals surface area (Å²) in [5, 5.41) is 4.54. The third-order valence-corrected chi connectivity index (χ3v) is 7.57. The van der Waals surface area contributed by atoms with E-state index in [1.807, 2.05) is 6.92 Å². The van der Waals surface area contributed by atoms with Crippen molar-refractivity contribution < 1.29 is 31.5 Å². The first-order valence-corrected chi connectivity index (χ1v) is 12.9. The van der Waals surface area contributed by atoms with Crippen LogP contribution in [0.2, 0.25) is 0 Å². The largest absolute Gasteiger partial charge is 0.433 e. The number of carbonyl (C=O) groups excluding carboxylic acids is 2. The average Bonchev–Trinajstić information content (AvgIpc) is 3.31. The van der Waals surface area contributed by atoms with Crippen molar-refractivity contribution in [2.24, 2.45) is 0 Å². The van der Waals surface area contributed by atoms with Crippen molar-refractivity contribution in [1.82, 2.24) is 15.4 Å². The summed E-state index contributed by atoms with van der Waals surface area (Å²) < 4.78 is 68.0. The number of amides is 2. The summed E-state index contributed by atoms with van der Waals surface area (Å²) in [4.78, 5) is 28.7. The van der Waals surface area contributed by atoms with Gasteiger partial charge in [-0.15, -0.1) is 0 Å². The topological polar surface area (TPSA) is 74.3 Å². The highest BCUT2D eigenvalue weighted by atomic mass is 19.4. The molecule has 1 aliphatic heterocycles. The molecule has 2 amide bonds. The number of hydrogen-bond donors (Lipinski definition) is 2. The van der Waals surface area contributed by atoms with Crippen LogP contribution in [0.5, 0.6) is 0 Å². The van der Waals surface area contributed by atoms with Crippen LogP contribution in [0.3, 0.4) is 0 Å². The second-order valence-corrected chi connectivity index (χ2v) is 10.2. The van der Waals surface area contributed by atoms with Crippen molar-refractivity contribution >= 4 is 18.0 Å². The molecule has 4 rings (SSSR count). The Morgan fingerprint density at radius 1 is 1.15 bits per heavy atom. The van der Waals surface area contributed by atoms with Gasteiger partial charge in [0.25, 0.3) is 5.91 Å². The minimum absolute atomic E-state index is 0.0259. The second-order valence-electron chi connectivity index (χ2n) is 10.2. The standard InChI is InChI=1S/C30H29F5N4O2/c1-18-8-10-25(23(14-18)21-9-11-26(36-16-21)30(33,34)35)38-28(41)22(15-20-6-4-7-24(31)27(20)32)19(2)29(3)12-5-13-39(29)37-17-40/h4,6-11,14,16-17H,5,12-13,15H2,1-3H3,(H,37,40)(H,38,41)/b22-19+. The van der Waals surface area contributed by atoms with E-state index in [9.17, 15) is 31.5 Å². The van der Waals surface area contributed by atoms with Crippen LogP contribution in [0, 0.1) is 18.6 Å². The molecular weight excluding hydrogens is 543 g/mol. The summed E-state index contributed by atoms with van der Waals surface area (Å²) in [5.41, 5.74) is 3.39. The fourth-order valence-electron chi connectivity index (χ4n) is 5.13. The van der Waals surface area contributed by atoms with E-state index in [1.165, 1.54) is 18.2 Å². The van der Waals surface area contributed by atoms with Crippen LogP contribution in [0.1, 0.15) is 43.5 Å². The van der Waals surface area contributed by atoms with Gasteiger partial charge in [0.1, 0.15) is 5.69 Å². The Kier molecular flexibility index (Phi) is 8.58. The number of carbonyl (C=O) groups is 2. The molecule has 0 saturated carbocycles. The van der Waals surface area contributed by atoms with Gasteiger partial charge in [0.2, 0.25) is 6.41 Å². The number of aryl methyl sites for hydroxylation is 1. The number of hydrogen-bond acceptors (Lipinski definition) is 4. The van der Waals surface area contributed by atoms with Crippen LogP contribution in [-0.2, 0) is 22.2 Å². The molecule has 41 heavy (non-hydrogen) atoms. The Morgan fingerprint density at radius 2 is 1.90 bits per heavy atom. The molecule has 2 N–H and O–H groups in total. The number of pyridine rings is 1. The monoisotopic (exact) mass is 572 g/mol. The summed E-state index contributed by atoms with van der Waals surface area (Å²) in [6.45, 7) is 5.89. The summed E-state index contributed by atoms with van der Waals surface area (Å²) in [6, 6.07) is 10.9. The summed E-state index contributed by atoms with van der Waals surface area (Å²) in [7, 11) is 0. The van der Waals surface area contributed by atoms with Crippen molar-refractivity contribution in [3.63, 3.8) is 0 Å². The van der Waals surface area contributed by atoms with Crippen LogP contribution < -0.4 is 10.7 Å². The van der Waals surface area contributed by atoms with Gasteiger partial charge in [0.05, 0.1) is 5.54 Å². The molecule has 216 valence electrons. The number of rotatable bonds is 8. The van der Waals surface area contributed by atoms with E-state index in [0.717, 1.165) is 30.3 Å². The van der Waals surface area contributed by atoms with Gasteiger partial charge in [-0.1, -0.05) is 29.8 Å². The zero-order valence-corrected chi connectivity index (χ0v) is 22.7. The number of aromatic nitrogens is 1. The molecule has 2 aromatic carbocycles. The van der Waals surface area contributed by atoms with Crippen molar-refractivity contribution in [2.75, 3.05) is 11.9 Å². The van der Waals surface area contributed by atoms with Gasteiger partial charge in [-0.05, 0) is 69.0 Å². The van der Waals surface area contributed by atoms with E-state index in [0.29, 0.717) is 41.8 Å². The lowest BCUT2D eigenvalue weighted by Crippen LogP contribution is -2.50. The normalized spacial score (nSPS) is 18.1. The van der Waals surface area contributed by atoms with E-state index in [4.69, 9.17) is 0 Å². The predicted molar refractivity (Wildman–Crippen MR) is 144 cm³/mol. The molecule has 6 nitrogen and oxygen atoms in total. The highest BCUT2D eigenvalue weighted by molar-refractivity contribution is 6.06. The van der Waals surface area contributed by atoms with Gasteiger partial charge in [-0.3, -0.25) is 20.0 Å². The number of nitrogens with one attached hydrogen (secondary N) is 2. The summed E-state index contributed by atoms with van der Waals surface area (Å²) in [5.74, 6) is -2.72. The Morgan fingerprint density at radius 3 is 2.56 bits per heavy atom. The van der Waals surface area contributed by atoms with Crippen LogP contribution >= 0.6 is 0 Å². The molecule has 1 fully saturated rings. The highest BCUT2D eigenvalue weighted by Gasteiger charge is 2.40. The van der Waals surface area contributed by atoms with Gasteiger partial charge < -0.3 is 5.32 Å². The zero-order valence-electron chi connectivity index (χ0n) is 22.7. The minimum Gasteiger partial charge on any atom is -0.322 e. The maximum atomic E-state index is 14.7. The first-order valence-electron chi connectivity index (χ1n) is 12.9. The fourth-order valence-corrected chi connectivity index (χ4v) is 5.13. The lowest BCUT2D eigenvalue weighted by molar-refractivity contribution is -0.141. The molecule has 0 aliphatic carbocycles. The van der Waals surface area contributed by atoms with E-state index in [-0.39, 0.29) is 17.6 Å². The third-order valence-electron chi connectivity index (χ3n) is 7.57. The predicted octanol–water partition coefficient (Wildman–Crippen LogP) is 6.37. The summed E-state index contributed by atoms with van der Waals surface area (Å²) >= 11 is 0. The maximum Gasteiger partial charge on any atom is 0.433 e. The first-order chi connectivity index (χ1) is 19.3. The zero-order chi connectivity index (χ0) is 29.9. The van der Waals surface area contributed by atoms with Crippen LogP contribution in [0.25, 0.3) is 11.1 Å². The van der Waals surface area contributed by atoms with E-state index in [1.54, 1.807) is 37.1 Å². The Balaban J connectivity index is 1.77. The quantitative estimate of drug-likeness (QED) is 0.187. The van der Waals surface area contributed by atoms with Crippen LogP contribution in [-0.4, -0.2) is 34.4 Å². The van der Waals surface area contributed by atoms with E-state index >= 15 is 0 Å². The molecule has 1 aromatic heterocycles. The van der Waals surface area contributed by atoms with Gasteiger partial charge >= 0.3 is 6.18 Å². The second kappa shape index (κ2) is 11.8. The van der Waals surface area contributed by atoms with Gasteiger partial charge in [-0.2, -0.15) is 13.2 Å². The molecule has 1 aliphatic rings. The Hall–Kier alpha value is -4.12. The molecule has 3 aromatic rings. The van der Waals surface area contributed by atoms with Gasteiger partial charge in [0.15, 0.2) is 11.6 Å². The molecule has 0 bridgehead atoms. The Bertz CT molecular complexity index is 1490. The first kappa shape index (κ1) is 29.9. The molecule has 1 unspecified atom stereocenters. The van der Waals surface area contributed by atoms with E-state index in [2.05, 4.69) is 15.7 Å². The fraction of sp³-hybridized carbons (Fsp3) is 0.300. The maximum absolute atomic E-state index is 14.7. The molecular formula is C30H29F5N4O2. The number of hydrazine groups is 1. The number of halogens is 5. The van der Waals surface area contributed by atoms with Crippen molar-refractivity contribution in [1.29, 1.82) is 0 Å². The van der Waals surface area contributed by atoms with Crippen molar-refractivity contribution in [2.45, 2.75) is 51.7 Å². The molecule has 1 saturated heterocycles. The SMILES string of the molecule is C/C(=C(/Cc1cccc(F)c1F)C(=O)Nc1ccc(C)cc1-c1ccc(C(F)(F)F)nc1)C1(C)CCCN1NC=O. The van der Waals surface area contributed by atoms with Gasteiger partial charge in [-0.25, -0.2) is 13.8 Å². The average molecular weight is 573 g/mol. The number of alkyl halides is 3. The molecule has 0 radical (unpaired) electrons. The molecule has 2 heterocycles. The summed E-state index contributed by atoms with van der Waals surface area (Å²) in [6.07, 6.45) is -1.90. The van der Waals surface area contributed by atoms with Gasteiger partial charge in [0, 0.05) is 41.5 Å². The van der Waals surface area contributed by atoms with Crippen molar-refractivity contribution in [3.05, 3.63) is 94.3 Å². The lowest BCUT2D eigenvalue weighted by Gasteiger charge is -2.36. The highest BCUT2D eigenvalue weighted by Crippen LogP contribution is 2.38. The Labute approximate surface area is 234 Å². The number of benzene rings is 2. The molecule has 11 heteroatoms. The van der Waals surface area contributed by atoms with E-state index < -0.39 is 35.0 Å². The lowest BCUT2D eigenvalue weighted by atomic mass is 9.84. The third kappa shape index (κ3) is 6.30. The number of anilines is 1. The molecule has 0 spiro atoms. The minimum atomic E-state index is -4.60. The number of nitrogens with zero attached hydrogens (tertiary/aromatic N) is 2. The van der Waals surface area contributed by atoms with Crippen molar-refractivity contribution in [3.8, 4) is 11.1 Å². The molecule has 1 atom stereocenters. The van der Waals surface area contributed by atoms with Crippen LogP contribution in [0.4, 0.5) is 27.6 Å².